The van der Waals surface area contributed by atoms with Crippen LogP contribution in [0.25, 0.3) is 16.3 Å². The van der Waals surface area contributed by atoms with Gasteiger partial charge in [-0.05, 0) is 30.6 Å². The molecule has 0 aliphatic heterocycles. The first-order valence-electron chi connectivity index (χ1n) is 8.67. The van der Waals surface area contributed by atoms with Gasteiger partial charge in [0.15, 0.2) is 0 Å². The van der Waals surface area contributed by atoms with Gasteiger partial charge >= 0.3 is 0 Å². The van der Waals surface area contributed by atoms with Gasteiger partial charge in [-0.15, -0.1) is 23.7 Å². The van der Waals surface area contributed by atoms with Crippen LogP contribution in [0.2, 0.25) is 0 Å². The number of thiophene rings is 1. The number of carbonyl (C=O) groups excluding carboxylic acids is 1. The molecule has 5 nitrogen and oxygen atoms in total. The third-order valence-corrected chi connectivity index (χ3v) is 5.16. The number of carbonyl (C=O) groups is 1. The minimum atomic E-state index is -0.0562. The van der Waals surface area contributed by atoms with Gasteiger partial charge < -0.3 is 10.2 Å². The maximum atomic E-state index is 12.6. The quantitative estimate of drug-likeness (QED) is 0.651. The van der Waals surface area contributed by atoms with Crippen molar-refractivity contribution in [2.45, 2.75) is 13.5 Å². The van der Waals surface area contributed by atoms with E-state index in [-0.39, 0.29) is 24.2 Å². The zero-order valence-corrected chi connectivity index (χ0v) is 17.4. The van der Waals surface area contributed by atoms with E-state index in [1.807, 2.05) is 73.7 Å². The van der Waals surface area contributed by atoms with E-state index in [0.29, 0.717) is 13.1 Å². The van der Waals surface area contributed by atoms with Crippen molar-refractivity contribution >= 4 is 29.7 Å². The van der Waals surface area contributed by atoms with Crippen LogP contribution in [0.4, 0.5) is 0 Å². The Morgan fingerprint density at radius 1 is 1.26 bits per heavy atom. The molecule has 0 aliphatic carbocycles. The normalized spacial score (nSPS) is 11.7. The van der Waals surface area contributed by atoms with Crippen LogP contribution in [0.3, 0.4) is 0 Å². The number of halogens is 1. The van der Waals surface area contributed by atoms with Crippen molar-refractivity contribution in [3.8, 4) is 16.3 Å². The summed E-state index contributed by atoms with van der Waals surface area (Å²) in [5.41, 5.74) is 2.99. The summed E-state index contributed by atoms with van der Waals surface area (Å²) in [7, 11) is 3.72. The van der Waals surface area contributed by atoms with Crippen LogP contribution in [0, 0.1) is 5.92 Å². The Balaban J connectivity index is 0.00000261. The Morgan fingerprint density at radius 2 is 2.00 bits per heavy atom. The summed E-state index contributed by atoms with van der Waals surface area (Å²) in [6.45, 7) is 3.15. The van der Waals surface area contributed by atoms with Crippen molar-refractivity contribution in [2.24, 2.45) is 5.92 Å². The van der Waals surface area contributed by atoms with Crippen molar-refractivity contribution in [3.63, 3.8) is 0 Å². The fourth-order valence-corrected chi connectivity index (χ4v) is 3.71. The number of nitrogens with one attached hydrogen (secondary N) is 1. The first-order valence-corrected chi connectivity index (χ1v) is 9.55. The average Bonchev–Trinajstić information content (AvgIpc) is 3.31. The molecule has 2 aromatic heterocycles. The fourth-order valence-electron chi connectivity index (χ4n) is 2.96. The fraction of sp³-hybridized carbons (Fsp3) is 0.300. The number of rotatable bonds is 7. The SMILES string of the molecule is CNCC(C)C(=O)N(C)Cc1cn(-c2ccccc2)nc1-c1cccs1.Cl. The van der Waals surface area contributed by atoms with E-state index < -0.39 is 0 Å². The molecule has 0 saturated heterocycles. The van der Waals surface area contributed by atoms with Crippen molar-refractivity contribution in [1.82, 2.24) is 20.0 Å². The molecule has 1 unspecified atom stereocenters. The second kappa shape index (κ2) is 9.69. The van der Waals surface area contributed by atoms with Gasteiger partial charge in [-0.3, -0.25) is 4.79 Å². The molecule has 1 amide bonds. The second-order valence-electron chi connectivity index (χ2n) is 6.41. The monoisotopic (exact) mass is 404 g/mol. The molecule has 3 rings (SSSR count). The van der Waals surface area contributed by atoms with Gasteiger partial charge in [0.2, 0.25) is 5.91 Å². The van der Waals surface area contributed by atoms with Crippen LogP contribution in [0.1, 0.15) is 12.5 Å². The van der Waals surface area contributed by atoms with E-state index in [9.17, 15) is 4.79 Å². The Labute approximate surface area is 170 Å². The van der Waals surface area contributed by atoms with Crippen molar-refractivity contribution in [2.75, 3.05) is 20.6 Å². The van der Waals surface area contributed by atoms with Crippen LogP contribution in [-0.4, -0.2) is 41.2 Å². The molecule has 3 aromatic rings. The molecule has 0 radical (unpaired) electrons. The lowest BCUT2D eigenvalue weighted by Gasteiger charge is -2.21. The number of hydrogen-bond acceptors (Lipinski definition) is 4. The molecule has 1 atom stereocenters. The summed E-state index contributed by atoms with van der Waals surface area (Å²) in [5.74, 6) is 0.0725. The van der Waals surface area contributed by atoms with Gasteiger partial charge in [-0.1, -0.05) is 31.2 Å². The van der Waals surface area contributed by atoms with Crippen LogP contribution < -0.4 is 5.32 Å². The molecule has 2 heterocycles. The number of benzene rings is 1. The predicted molar refractivity (Wildman–Crippen MR) is 114 cm³/mol. The summed E-state index contributed by atoms with van der Waals surface area (Å²) in [4.78, 5) is 15.5. The molecular formula is C20H25ClN4OS. The van der Waals surface area contributed by atoms with Crippen LogP contribution >= 0.6 is 23.7 Å². The standard InChI is InChI=1S/C20H24N4OS.ClH/c1-15(12-21-2)20(25)23(3)13-16-14-24(17-8-5-4-6-9-17)22-19(16)18-10-7-11-26-18;/h4-11,14-15,21H,12-13H2,1-3H3;1H. The molecule has 1 aromatic carbocycles. The van der Waals surface area contributed by atoms with E-state index >= 15 is 0 Å². The van der Waals surface area contributed by atoms with E-state index in [2.05, 4.69) is 11.4 Å². The Hall–Kier alpha value is -2.15. The second-order valence-corrected chi connectivity index (χ2v) is 7.36. The summed E-state index contributed by atoms with van der Waals surface area (Å²) in [6.07, 6.45) is 2.02. The molecule has 0 aliphatic rings. The highest BCUT2D eigenvalue weighted by Crippen LogP contribution is 2.28. The number of hydrogen-bond donors (Lipinski definition) is 1. The Morgan fingerprint density at radius 3 is 2.63 bits per heavy atom. The van der Waals surface area contributed by atoms with E-state index in [0.717, 1.165) is 21.8 Å². The Kier molecular flexibility index (Phi) is 7.59. The zero-order chi connectivity index (χ0) is 18.5. The minimum Gasteiger partial charge on any atom is -0.341 e. The zero-order valence-electron chi connectivity index (χ0n) is 15.8. The summed E-state index contributed by atoms with van der Waals surface area (Å²) >= 11 is 1.66. The Bertz CT molecular complexity index is 848. The highest BCUT2D eigenvalue weighted by atomic mass is 35.5. The van der Waals surface area contributed by atoms with Crippen molar-refractivity contribution < 1.29 is 4.79 Å². The highest BCUT2D eigenvalue weighted by molar-refractivity contribution is 7.13. The average molecular weight is 405 g/mol. The highest BCUT2D eigenvalue weighted by Gasteiger charge is 2.20. The first kappa shape index (κ1) is 21.2. The predicted octanol–water partition coefficient (Wildman–Crippen LogP) is 3.84. The van der Waals surface area contributed by atoms with Gasteiger partial charge in [-0.25, -0.2) is 4.68 Å². The lowest BCUT2D eigenvalue weighted by atomic mass is 10.1. The van der Waals surface area contributed by atoms with Gasteiger partial charge in [0.05, 0.1) is 10.6 Å². The summed E-state index contributed by atoms with van der Waals surface area (Å²) in [6, 6.07) is 14.1. The number of para-hydroxylation sites is 1. The molecule has 27 heavy (non-hydrogen) atoms. The van der Waals surface area contributed by atoms with E-state index in [1.54, 1.807) is 16.2 Å². The maximum Gasteiger partial charge on any atom is 0.226 e. The molecule has 144 valence electrons. The first-order chi connectivity index (χ1) is 12.6. The molecule has 0 bridgehead atoms. The van der Waals surface area contributed by atoms with Gasteiger partial charge in [0.25, 0.3) is 0 Å². The number of aromatic nitrogens is 2. The van der Waals surface area contributed by atoms with E-state index in [4.69, 9.17) is 5.10 Å². The van der Waals surface area contributed by atoms with Crippen LogP contribution in [0.5, 0.6) is 0 Å². The van der Waals surface area contributed by atoms with Crippen molar-refractivity contribution in [3.05, 3.63) is 59.6 Å². The smallest absolute Gasteiger partial charge is 0.226 e. The molecule has 7 heteroatoms. The van der Waals surface area contributed by atoms with Crippen LogP contribution in [0.15, 0.2) is 54.0 Å². The van der Waals surface area contributed by atoms with Crippen LogP contribution in [-0.2, 0) is 11.3 Å². The van der Waals surface area contributed by atoms with Gasteiger partial charge in [0, 0.05) is 37.8 Å². The number of amides is 1. The molecule has 0 fully saturated rings. The lowest BCUT2D eigenvalue weighted by molar-refractivity contribution is -0.134. The topological polar surface area (TPSA) is 50.2 Å². The summed E-state index contributed by atoms with van der Waals surface area (Å²) in [5, 5.41) is 9.90. The van der Waals surface area contributed by atoms with Gasteiger partial charge in [-0.2, -0.15) is 5.10 Å². The molecule has 0 spiro atoms. The molecule has 0 saturated carbocycles. The van der Waals surface area contributed by atoms with E-state index in [1.165, 1.54) is 0 Å². The largest absolute Gasteiger partial charge is 0.341 e. The molecular weight excluding hydrogens is 380 g/mol. The third kappa shape index (κ3) is 4.97. The molecule has 1 N–H and O–H groups in total. The maximum absolute atomic E-state index is 12.6. The van der Waals surface area contributed by atoms with Crippen molar-refractivity contribution in [1.29, 1.82) is 0 Å². The third-order valence-electron chi connectivity index (χ3n) is 4.28. The number of nitrogens with zero attached hydrogens (tertiary/aromatic N) is 3. The lowest BCUT2D eigenvalue weighted by Crippen LogP contribution is -2.35. The summed E-state index contributed by atoms with van der Waals surface area (Å²) < 4.78 is 1.89. The van der Waals surface area contributed by atoms with Gasteiger partial charge in [0.1, 0.15) is 5.69 Å². The minimum absolute atomic E-state index is 0.